The van der Waals surface area contributed by atoms with Gasteiger partial charge < -0.3 is 9.47 Å². The molecule has 21 heavy (non-hydrogen) atoms. The van der Waals surface area contributed by atoms with Crippen molar-refractivity contribution in [2.45, 2.75) is 18.9 Å². The van der Waals surface area contributed by atoms with Crippen LogP contribution in [0, 0.1) is 11.3 Å². The molecule has 0 N–H and O–H groups in total. The number of ether oxygens (including phenoxy) is 2. The van der Waals surface area contributed by atoms with E-state index in [0.29, 0.717) is 0 Å². The Morgan fingerprint density at radius 1 is 1.57 bits per heavy atom. The standard InChI is InChI=1S/C14H15ClN2O4/c1-4-21-13(19)17-7-5-6-11(15)14(17,9-16)8-10(2)12(18)20-3/h5-7H,2,4,8H2,1,3H3. The highest BCUT2D eigenvalue weighted by Gasteiger charge is 2.45. The van der Waals surface area contributed by atoms with E-state index in [2.05, 4.69) is 11.3 Å². The van der Waals surface area contributed by atoms with E-state index < -0.39 is 17.6 Å². The molecule has 0 aromatic rings. The Hall–Kier alpha value is -2.26. The van der Waals surface area contributed by atoms with Crippen LogP contribution in [0.2, 0.25) is 0 Å². The number of halogens is 1. The van der Waals surface area contributed by atoms with E-state index in [4.69, 9.17) is 16.3 Å². The van der Waals surface area contributed by atoms with Gasteiger partial charge in [-0.15, -0.1) is 0 Å². The van der Waals surface area contributed by atoms with Gasteiger partial charge in [0.05, 0.1) is 24.8 Å². The number of allylic oxidation sites excluding steroid dienone is 2. The Morgan fingerprint density at radius 3 is 2.76 bits per heavy atom. The average Bonchev–Trinajstić information content (AvgIpc) is 2.48. The van der Waals surface area contributed by atoms with Crippen LogP contribution in [0.3, 0.4) is 0 Å². The lowest BCUT2D eigenvalue weighted by Gasteiger charge is -2.37. The molecule has 1 rings (SSSR count). The number of nitrogens with zero attached hydrogens (tertiary/aromatic N) is 2. The fourth-order valence-corrected chi connectivity index (χ4v) is 2.12. The van der Waals surface area contributed by atoms with Gasteiger partial charge in [0.25, 0.3) is 0 Å². The molecule has 1 amide bonds. The van der Waals surface area contributed by atoms with E-state index in [1.54, 1.807) is 6.92 Å². The van der Waals surface area contributed by atoms with E-state index in [-0.39, 0.29) is 23.6 Å². The second-order valence-corrected chi connectivity index (χ2v) is 4.58. The number of esters is 1. The largest absolute Gasteiger partial charge is 0.466 e. The Labute approximate surface area is 127 Å². The quantitative estimate of drug-likeness (QED) is 0.588. The van der Waals surface area contributed by atoms with Crippen LogP contribution in [0.15, 0.2) is 35.5 Å². The molecule has 6 nitrogen and oxygen atoms in total. The van der Waals surface area contributed by atoms with Crippen molar-refractivity contribution in [2.24, 2.45) is 0 Å². The maximum absolute atomic E-state index is 12.0. The summed E-state index contributed by atoms with van der Waals surface area (Å²) in [6.07, 6.45) is 3.44. The smallest absolute Gasteiger partial charge is 0.415 e. The van der Waals surface area contributed by atoms with Gasteiger partial charge in [-0.1, -0.05) is 18.2 Å². The molecular weight excluding hydrogens is 296 g/mol. The van der Waals surface area contributed by atoms with Crippen LogP contribution in [0.5, 0.6) is 0 Å². The second kappa shape index (κ2) is 6.95. The zero-order chi connectivity index (χ0) is 16.0. The first-order chi connectivity index (χ1) is 9.92. The minimum Gasteiger partial charge on any atom is -0.466 e. The maximum Gasteiger partial charge on any atom is 0.415 e. The first kappa shape index (κ1) is 16.8. The van der Waals surface area contributed by atoms with Gasteiger partial charge in [0.15, 0.2) is 5.54 Å². The van der Waals surface area contributed by atoms with Gasteiger partial charge in [0.1, 0.15) is 0 Å². The molecule has 1 unspecified atom stereocenters. The van der Waals surface area contributed by atoms with Crippen molar-refractivity contribution >= 4 is 23.7 Å². The normalized spacial score (nSPS) is 20.3. The van der Waals surface area contributed by atoms with Crippen molar-refractivity contribution in [3.8, 4) is 6.07 Å². The number of nitriles is 1. The number of amides is 1. The van der Waals surface area contributed by atoms with Gasteiger partial charge in [-0.2, -0.15) is 5.26 Å². The molecule has 0 saturated carbocycles. The monoisotopic (exact) mass is 310 g/mol. The maximum atomic E-state index is 12.0. The fourth-order valence-electron chi connectivity index (χ4n) is 1.85. The Morgan fingerprint density at radius 2 is 2.24 bits per heavy atom. The lowest BCUT2D eigenvalue weighted by Crippen LogP contribution is -2.50. The lowest BCUT2D eigenvalue weighted by atomic mass is 9.88. The van der Waals surface area contributed by atoms with E-state index >= 15 is 0 Å². The highest BCUT2D eigenvalue weighted by Crippen LogP contribution is 2.37. The summed E-state index contributed by atoms with van der Waals surface area (Å²) in [7, 11) is 1.20. The van der Waals surface area contributed by atoms with Crippen molar-refractivity contribution in [3.63, 3.8) is 0 Å². The average molecular weight is 311 g/mol. The Bertz CT molecular complexity index is 562. The number of carbonyl (C=O) groups is 2. The van der Waals surface area contributed by atoms with E-state index in [1.807, 2.05) is 6.07 Å². The van der Waals surface area contributed by atoms with Crippen molar-refractivity contribution < 1.29 is 19.1 Å². The van der Waals surface area contributed by atoms with Gasteiger partial charge >= 0.3 is 12.1 Å². The van der Waals surface area contributed by atoms with Gasteiger partial charge in [-0.05, 0) is 19.1 Å². The summed E-state index contributed by atoms with van der Waals surface area (Å²) in [6, 6.07) is 1.97. The van der Waals surface area contributed by atoms with Gasteiger partial charge in [0.2, 0.25) is 0 Å². The van der Waals surface area contributed by atoms with Crippen LogP contribution in [0.4, 0.5) is 4.79 Å². The third-order valence-corrected chi connectivity index (χ3v) is 3.32. The summed E-state index contributed by atoms with van der Waals surface area (Å²) in [5, 5.41) is 9.64. The van der Waals surface area contributed by atoms with E-state index in [0.717, 1.165) is 4.90 Å². The molecule has 0 aromatic carbocycles. The van der Waals surface area contributed by atoms with Crippen molar-refractivity contribution in [2.75, 3.05) is 13.7 Å². The number of hydrogen-bond acceptors (Lipinski definition) is 5. The first-order valence-electron chi connectivity index (χ1n) is 6.10. The summed E-state index contributed by atoms with van der Waals surface area (Å²) in [4.78, 5) is 24.6. The molecule has 1 atom stereocenters. The van der Waals surface area contributed by atoms with Crippen LogP contribution in [-0.2, 0) is 14.3 Å². The van der Waals surface area contributed by atoms with Crippen LogP contribution >= 0.6 is 11.6 Å². The first-order valence-corrected chi connectivity index (χ1v) is 6.48. The molecule has 0 fully saturated rings. The number of rotatable bonds is 4. The second-order valence-electron chi connectivity index (χ2n) is 4.17. The number of carbonyl (C=O) groups excluding carboxylic acids is 2. The summed E-state index contributed by atoms with van der Waals surface area (Å²) in [6.45, 7) is 5.36. The van der Waals surface area contributed by atoms with Gasteiger partial charge in [-0.3, -0.25) is 4.90 Å². The van der Waals surface area contributed by atoms with E-state index in [1.165, 1.54) is 25.5 Å². The third kappa shape index (κ3) is 3.26. The minimum absolute atomic E-state index is 0.0233. The minimum atomic E-state index is -1.58. The molecule has 0 bridgehead atoms. The molecule has 0 spiro atoms. The van der Waals surface area contributed by atoms with Crippen LogP contribution in [-0.4, -0.2) is 36.2 Å². The topological polar surface area (TPSA) is 79.6 Å². The van der Waals surface area contributed by atoms with Crippen LogP contribution in [0.25, 0.3) is 0 Å². The summed E-state index contributed by atoms with van der Waals surface area (Å²) in [5.74, 6) is -0.674. The zero-order valence-electron chi connectivity index (χ0n) is 11.8. The highest BCUT2D eigenvalue weighted by molar-refractivity contribution is 6.31. The molecule has 1 heterocycles. The predicted molar refractivity (Wildman–Crippen MR) is 76.1 cm³/mol. The molecule has 0 aliphatic carbocycles. The molecule has 7 heteroatoms. The van der Waals surface area contributed by atoms with Gasteiger partial charge in [-0.25, -0.2) is 9.59 Å². The van der Waals surface area contributed by atoms with Crippen LogP contribution in [0.1, 0.15) is 13.3 Å². The van der Waals surface area contributed by atoms with Crippen LogP contribution < -0.4 is 0 Å². The molecule has 0 saturated heterocycles. The SMILES string of the molecule is C=C(CC1(C#N)C(Cl)=CC=CN1C(=O)OCC)C(=O)OC. The molecular formula is C14H15ClN2O4. The Balaban J connectivity index is 3.19. The molecule has 112 valence electrons. The summed E-state index contributed by atoms with van der Waals surface area (Å²) in [5.41, 5.74) is -1.55. The zero-order valence-corrected chi connectivity index (χ0v) is 12.5. The highest BCUT2D eigenvalue weighted by atomic mass is 35.5. The summed E-state index contributed by atoms with van der Waals surface area (Å²) < 4.78 is 9.47. The summed E-state index contributed by atoms with van der Waals surface area (Å²) >= 11 is 6.12. The van der Waals surface area contributed by atoms with Crippen molar-refractivity contribution in [3.05, 3.63) is 35.5 Å². The van der Waals surface area contributed by atoms with E-state index in [9.17, 15) is 14.9 Å². The van der Waals surface area contributed by atoms with Gasteiger partial charge in [0, 0.05) is 18.2 Å². The number of methoxy groups -OCH3 is 1. The molecule has 1 aliphatic heterocycles. The fraction of sp³-hybridized carbons (Fsp3) is 0.357. The molecule has 0 aromatic heterocycles. The molecule has 0 radical (unpaired) electrons. The van der Waals surface area contributed by atoms with Crippen molar-refractivity contribution in [1.82, 2.24) is 4.90 Å². The van der Waals surface area contributed by atoms with Crippen molar-refractivity contribution in [1.29, 1.82) is 5.26 Å². The lowest BCUT2D eigenvalue weighted by molar-refractivity contribution is -0.136. The third-order valence-electron chi connectivity index (χ3n) is 2.88. The predicted octanol–water partition coefficient (Wildman–Crippen LogP) is 2.48. The number of hydrogen-bond donors (Lipinski definition) is 0. The molecule has 1 aliphatic rings. The Kier molecular flexibility index (Phi) is 5.56.